The molecule has 0 heterocycles. The van der Waals surface area contributed by atoms with Gasteiger partial charge in [-0.05, 0) is 19.3 Å². The second-order valence-electron chi connectivity index (χ2n) is 6.22. The molecule has 25 heavy (non-hydrogen) atoms. The van der Waals surface area contributed by atoms with Crippen LogP contribution in [0.4, 0.5) is 0 Å². The third-order valence-corrected chi connectivity index (χ3v) is 3.81. The first kappa shape index (κ1) is 23.4. The van der Waals surface area contributed by atoms with E-state index in [1.54, 1.807) is 0 Å². The van der Waals surface area contributed by atoms with Crippen molar-refractivity contribution in [3.63, 3.8) is 0 Å². The van der Waals surface area contributed by atoms with Gasteiger partial charge in [0.15, 0.2) is 0 Å². The second kappa shape index (κ2) is 18.8. The average molecular weight is 353 g/mol. The molecule has 0 bridgehead atoms. The lowest BCUT2D eigenvalue weighted by molar-refractivity contribution is -0.140. The molecule has 4 nitrogen and oxygen atoms in total. The summed E-state index contributed by atoms with van der Waals surface area (Å²) >= 11 is 0. The maximum absolute atomic E-state index is 11.4. The van der Waals surface area contributed by atoms with Gasteiger partial charge in [-0.15, -0.1) is 0 Å². The van der Waals surface area contributed by atoms with Gasteiger partial charge < -0.3 is 9.47 Å². The summed E-state index contributed by atoms with van der Waals surface area (Å²) in [5.74, 6) is -1.01. The lowest BCUT2D eigenvalue weighted by Gasteiger charge is -2.01. The zero-order valence-corrected chi connectivity index (χ0v) is 16.1. The molecule has 0 saturated carbocycles. The Bertz CT molecular complexity index is 385. The highest BCUT2D eigenvalue weighted by Crippen LogP contribution is 2.07. The Morgan fingerprint density at radius 1 is 0.680 bits per heavy atom. The van der Waals surface area contributed by atoms with Gasteiger partial charge in [-0.3, -0.25) is 0 Å². The molecule has 144 valence electrons. The highest BCUT2D eigenvalue weighted by Gasteiger charge is 2.00. The van der Waals surface area contributed by atoms with E-state index in [-0.39, 0.29) is 6.61 Å². The molecular weight excluding hydrogens is 316 g/mol. The van der Waals surface area contributed by atoms with Crippen molar-refractivity contribution in [3.8, 4) is 0 Å². The third kappa shape index (κ3) is 18.6. The van der Waals surface area contributed by atoms with Crippen LogP contribution >= 0.6 is 0 Å². The number of hydrogen-bond acceptors (Lipinski definition) is 4. The highest BCUT2D eigenvalue weighted by atomic mass is 16.5. The van der Waals surface area contributed by atoms with E-state index in [4.69, 9.17) is 9.47 Å². The molecule has 0 rings (SSSR count). The normalized spacial score (nSPS) is 11.3. The molecular formula is C21H36O4. The Kier molecular flexibility index (Phi) is 17.6. The summed E-state index contributed by atoms with van der Waals surface area (Å²) in [5, 5.41) is 0. The topological polar surface area (TPSA) is 52.6 Å². The van der Waals surface area contributed by atoms with Crippen LogP contribution in [0.25, 0.3) is 0 Å². The predicted octanol–water partition coefficient (Wildman–Crippen LogP) is 5.52. The molecule has 0 N–H and O–H groups in total. The largest absolute Gasteiger partial charge is 0.463 e. The van der Waals surface area contributed by atoms with Gasteiger partial charge in [0.25, 0.3) is 0 Å². The number of carbonyl (C=O) groups excluding carboxylic acids is 2. The van der Waals surface area contributed by atoms with Crippen LogP contribution in [0.1, 0.15) is 84.5 Å². The molecule has 0 radical (unpaired) electrons. The van der Waals surface area contributed by atoms with Crippen molar-refractivity contribution < 1.29 is 19.1 Å². The molecule has 0 aromatic carbocycles. The molecule has 0 aliphatic carbocycles. The summed E-state index contributed by atoms with van der Waals surface area (Å²) in [7, 11) is 0. The fraction of sp³-hybridized carbons (Fsp3) is 0.714. The summed E-state index contributed by atoms with van der Waals surface area (Å²) in [6, 6.07) is 0. The Morgan fingerprint density at radius 2 is 1.24 bits per heavy atom. The molecule has 0 aliphatic rings. The Balaban J connectivity index is 3.55. The minimum Gasteiger partial charge on any atom is -0.463 e. The van der Waals surface area contributed by atoms with Gasteiger partial charge in [-0.2, -0.15) is 0 Å². The first-order chi connectivity index (χ1) is 12.2. The Hall–Kier alpha value is -1.58. The van der Waals surface area contributed by atoms with Crippen molar-refractivity contribution in [1.29, 1.82) is 0 Å². The minimum absolute atomic E-state index is 0.241. The van der Waals surface area contributed by atoms with Crippen LogP contribution in [0.2, 0.25) is 0 Å². The summed E-state index contributed by atoms with van der Waals surface area (Å²) < 4.78 is 9.99. The molecule has 0 spiro atoms. The zero-order chi connectivity index (χ0) is 18.6. The van der Waals surface area contributed by atoms with Gasteiger partial charge >= 0.3 is 11.9 Å². The summed E-state index contributed by atoms with van der Waals surface area (Å²) in [6.07, 6.45) is 19.0. The Morgan fingerprint density at radius 3 is 1.92 bits per heavy atom. The minimum atomic E-state index is -0.521. The van der Waals surface area contributed by atoms with Gasteiger partial charge in [0.1, 0.15) is 6.61 Å². The van der Waals surface area contributed by atoms with Crippen molar-refractivity contribution >= 4 is 11.9 Å². The molecule has 0 atom stereocenters. The number of carbonyl (C=O) groups is 2. The molecule has 0 unspecified atom stereocenters. The van der Waals surface area contributed by atoms with Crippen molar-refractivity contribution in [1.82, 2.24) is 0 Å². The fourth-order valence-electron chi connectivity index (χ4n) is 2.29. The Labute approximate surface area is 153 Å². The molecule has 0 aliphatic heterocycles. The van der Waals surface area contributed by atoms with Crippen LogP contribution in [-0.2, 0) is 19.1 Å². The monoisotopic (exact) mass is 352 g/mol. The number of ether oxygens (including phenoxy) is 2. The summed E-state index contributed by atoms with van der Waals surface area (Å²) in [6.45, 7) is 4.99. The summed E-state index contributed by atoms with van der Waals surface area (Å²) in [4.78, 5) is 22.8. The van der Waals surface area contributed by atoms with Gasteiger partial charge in [-0.1, -0.05) is 77.4 Å². The number of unbranched alkanes of at least 4 members (excludes halogenated alkanes) is 9. The van der Waals surface area contributed by atoms with Gasteiger partial charge in [0.05, 0.1) is 6.61 Å². The molecule has 0 fully saturated rings. The maximum atomic E-state index is 11.4. The molecule has 0 aromatic rings. The zero-order valence-electron chi connectivity index (χ0n) is 16.1. The number of esters is 2. The molecule has 0 saturated heterocycles. The maximum Gasteiger partial charge on any atom is 0.331 e. The number of allylic oxidation sites excluding steroid dienone is 1. The van der Waals surface area contributed by atoms with Crippen molar-refractivity contribution in [3.05, 3.63) is 24.3 Å². The number of hydrogen-bond donors (Lipinski definition) is 0. The first-order valence-corrected chi connectivity index (χ1v) is 9.87. The van der Waals surface area contributed by atoms with E-state index >= 15 is 0 Å². The van der Waals surface area contributed by atoms with Gasteiger partial charge in [0.2, 0.25) is 0 Å². The second-order valence-corrected chi connectivity index (χ2v) is 6.22. The number of rotatable bonds is 16. The van der Waals surface area contributed by atoms with E-state index in [0.29, 0.717) is 6.61 Å². The van der Waals surface area contributed by atoms with E-state index in [1.807, 2.05) is 12.2 Å². The van der Waals surface area contributed by atoms with Crippen molar-refractivity contribution in [2.45, 2.75) is 84.5 Å². The standard InChI is InChI=1S/C21H36O4/c1-3-5-7-9-10-11-12-13-15-19-25-21(23)17-16-20(22)24-18-14-8-6-4-2/h13,15-17H,3-12,14,18-19H2,1-2H3/b15-13+,17-16+. The van der Waals surface area contributed by atoms with Crippen LogP contribution in [0.3, 0.4) is 0 Å². The van der Waals surface area contributed by atoms with Crippen LogP contribution in [0.15, 0.2) is 24.3 Å². The van der Waals surface area contributed by atoms with E-state index in [9.17, 15) is 9.59 Å². The van der Waals surface area contributed by atoms with Gasteiger partial charge in [-0.25, -0.2) is 9.59 Å². The summed E-state index contributed by atoms with van der Waals surface area (Å²) in [5.41, 5.74) is 0. The van der Waals surface area contributed by atoms with Crippen LogP contribution in [0.5, 0.6) is 0 Å². The van der Waals surface area contributed by atoms with Crippen molar-refractivity contribution in [2.24, 2.45) is 0 Å². The quantitative estimate of drug-likeness (QED) is 0.159. The third-order valence-electron chi connectivity index (χ3n) is 3.81. The van der Waals surface area contributed by atoms with E-state index in [0.717, 1.165) is 44.3 Å². The average Bonchev–Trinajstić information content (AvgIpc) is 2.61. The van der Waals surface area contributed by atoms with Gasteiger partial charge in [0, 0.05) is 12.2 Å². The molecule has 4 heteroatoms. The van der Waals surface area contributed by atoms with Crippen LogP contribution in [0, 0.1) is 0 Å². The smallest absolute Gasteiger partial charge is 0.331 e. The molecule has 0 amide bonds. The van der Waals surface area contributed by atoms with Crippen LogP contribution in [-0.4, -0.2) is 25.2 Å². The predicted molar refractivity (Wildman–Crippen MR) is 102 cm³/mol. The SMILES string of the molecule is CCCCCCCC/C=C/COC(=O)/C=C/C(=O)OCCCCCC. The lowest BCUT2D eigenvalue weighted by atomic mass is 10.1. The molecule has 0 aromatic heterocycles. The van der Waals surface area contributed by atoms with E-state index in [1.165, 1.54) is 38.5 Å². The lowest BCUT2D eigenvalue weighted by Crippen LogP contribution is -2.05. The first-order valence-electron chi connectivity index (χ1n) is 9.87. The van der Waals surface area contributed by atoms with Crippen LogP contribution < -0.4 is 0 Å². The fourth-order valence-corrected chi connectivity index (χ4v) is 2.29. The van der Waals surface area contributed by atoms with Crippen molar-refractivity contribution in [2.75, 3.05) is 13.2 Å². The van der Waals surface area contributed by atoms with E-state index < -0.39 is 11.9 Å². The van der Waals surface area contributed by atoms with E-state index in [2.05, 4.69) is 13.8 Å². The highest BCUT2D eigenvalue weighted by molar-refractivity contribution is 5.91.